The molecule has 3 N–H and O–H groups in total. The first-order valence-corrected chi connectivity index (χ1v) is 11.7. The number of nitrogens with zero attached hydrogens (tertiary/aromatic N) is 2. The normalized spacial score (nSPS) is 18.3. The molecule has 0 radical (unpaired) electrons. The minimum atomic E-state index is -0.471. The molecule has 33 heavy (non-hydrogen) atoms. The third-order valence-electron chi connectivity index (χ3n) is 5.97. The molecule has 9 heteroatoms. The molecule has 1 aliphatic rings. The van der Waals surface area contributed by atoms with Gasteiger partial charge in [0, 0.05) is 24.4 Å². The van der Waals surface area contributed by atoms with Gasteiger partial charge in [0.15, 0.2) is 5.75 Å². The number of aliphatic hydroxyl groups excluding tert-OH is 1. The predicted molar refractivity (Wildman–Crippen MR) is 129 cm³/mol. The zero-order valence-corrected chi connectivity index (χ0v) is 19.7. The Kier molecular flexibility index (Phi) is 7.22. The SMILES string of the molecule is CCOC(=O)c1cnc2ccc(-c3cc(Cl)c(O)c(Cl)c3)nc2c1NC1CCC(CO)CC1. The quantitative estimate of drug-likeness (QED) is 0.395. The Hall–Kier alpha value is -2.61. The average Bonchev–Trinajstić information content (AvgIpc) is 2.82. The van der Waals surface area contributed by atoms with Gasteiger partial charge in [0.1, 0.15) is 11.1 Å². The van der Waals surface area contributed by atoms with Crippen LogP contribution in [-0.2, 0) is 4.74 Å². The van der Waals surface area contributed by atoms with E-state index in [-0.39, 0.29) is 35.1 Å². The molecule has 0 amide bonds. The van der Waals surface area contributed by atoms with Crippen molar-refractivity contribution < 1.29 is 19.7 Å². The van der Waals surface area contributed by atoms with Crippen molar-refractivity contribution in [2.24, 2.45) is 5.92 Å². The molecule has 174 valence electrons. The van der Waals surface area contributed by atoms with E-state index < -0.39 is 5.97 Å². The van der Waals surface area contributed by atoms with Gasteiger partial charge in [-0.3, -0.25) is 4.98 Å². The third kappa shape index (κ3) is 5.00. The number of aromatic nitrogens is 2. The molecule has 0 unspecified atom stereocenters. The molecule has 1 saturated carbocycles. The van der Waals surface area contributed by atoms with Crippen molar-refractivity contribution in [3.63, 3.8) is 0 Å². The average molecular weight is 490 g/mol. The van der Waals surface area contributed by atoms with Gasteiger partial charge in [-0.2, -0.15) is 0 Å². The van der Waals surface area contributed by atoms with Gasteiger partial charge >= 0.3 is 5.97 Å². The summed E-state index contributed by atoms with van der Waals surface area (Å²) in [5, 5.41) is 23.1. The van der Waals surface area contributed by atoms with Gasteiger partial charge in [-0.1, -0.05) is 23.2 Å². The zero-order valence-electron chi connectivity index (χ0n) is 18.1. The summed E-state index contributed by atoms with van der Waals surface area (Å²) in [6.45, 7) is 2.20. The van der Waals surface area contributed by atoms with Crippen LogP contribution in [0.5, 0.6) is 5.75 Å². The van der Waals surface area contributed by atoms with E-state index in [1.807, 2.05) is 6.07 Å². The number of benzene rings is 1. The Morgan fingerprint density at radius 2 is 1.88 bits per heavy atom. The van der Waals surface area contributed by atoms with Gasteiger partial charge in [0.05, 0.1) is 33.6 Å². The fraction of sp³-hybridized carbons (Fsp3) is 0.375. The Labute approximate surface area is 201 Å². The second kappa shape index (κ2) is 10.1. The molecule has 0 aliphatic heterocycles. The molecule has 0 bridgehead atoms. The van der Waals surface area contributed by atoms with Crippen LogP contribution < -0.4 is 5.32 Å². The van der Waals surface area contributed by atoms with Crippen LogP contribution in [0, 0.1) is 5.92 Å². The molecule has 0 atom stereocenters. The molecule has 1 fully saturated rings. The van der Waals surface area contributed by atoms with Crippen LogP contribution in [-0.4, -0.2) is 45.4 Å². The lowest BCUT2D eigenvalue weighted by Crippen LogP contribution is -2.28. The van der Waals surface area contributed by atoms with Crippen molar-refractivity contribution in [2.45, 2.75) is 38.6 Å². The van der Waals surface area contributed by atoms with Crippen LogP contribution in [0.25, 0.3) is 22.3 Å². The summed E-state index contributed by atoms with van der Waals surface area (Å²) in [4.78, 5) is 21.9. The van der Waals surface area contributed by atoms with E-state index in [1.54, 1.807) is 25.1 Å². The van der Waals surface area contributed by atoms with Crippen LogP contribution >= 0.6 is 23.2 Å². The number of hydrogen-bond donors (Lipinski definition) is 3. The van der Waals surface area contributed by atoms with Crippen LogP contribution in [0.15, 0.2) is 30.5 Å². The minimum Gasteiger partial charge on any atom is -0.505 e. The summed E-state index contributed by atoms with van der Waals surface area (Å²) in [5.74, 6) is -0.341. The number of anilines is 1. The first-order chi connectivity index (χ1) is 15.9. The largest absolute Gasteiger partial charge is 0.505 e. The van der Waals surface area contributed by atoms with Gasteiger partial charge in [-0.05, 0) is 62.8 Å². The summed E-state index contributed by atoms with van der Waals surface area (Å²) < 4.78 is 5.26. The molecule has 2 heterocycles. The van der Waals surface area contributed by atoms with E-state index in [2.05, 4.69) is 10.3 Å². The third-order valence-corrected chi connectivity index (χ3v) is 6.55. The Balaban J connectivity index is 1.80. The molecule has 1 aliphatic carbocycles. The number of nitrogens with one attached hydrogen (secondary N) is 1. The van der Waals surface area contributed by atoms with Gasteiger partial charge in [0.2, 0.25) is 0 Å². The van der Waals surface area contributed by atoms with E-state index >= 15 is 0 Å². The topological polar surface area (TPSA) is 105 Å². The summed E-state index contributed by atoms with van der Waals surface area (Å²) >= 11 is 12.2. The van der Waals surface area contributed by atoms with Gasteiger partial charge in [0.25, 0.3) is 0 Å². The monoisotopic (exact) mass is 489 g/mol. The maximum atomic E-state index is 12.7. The number of fused-ring (bicyclic) bond motifs is 1. The molecular weight excluding hydrogens is 465 g/mol. The predicted octanol–water partition coefficient (Wildman–Crippen LogP) is 5.45. The van der Waals surface area contributed by atoms with Crippen molar-refractivity contribution in [1.29, 1.82) is 0 Å². The van der Waals surface area contributed by atoms with E-state index in [4.69, 9.17) is 32.9 Å². The lowest BCUT2D eigenvalue weighted by molar-refractivity contribution is 0.0527. The number of ether oxygens (including phenoxy) is 1. The Bertz CT molecular complexity index is 1160. The Morgan fingerprint density at radius 3 is 2.52 bits per heavy atom. The highest BCUT2D eigenvalue weighted by atomic mass is 35.5. The molecule has 2 aromatic heterocycles. The maximum Gasteiger partial charge on any atom is 0.341 e. The van der Waals surface area contributed by atoms with E-state index in [0.29, 0.717) is 39.5 Å². The van der Waals surface area contributed by atoms with Crippen LogP contribution in [0.1, 0.15) is 43.0 Å². The summed E-state index contributed by atoms with van der Waals surface area (Å²) in [7, 11) is 0. The van der Waals surface area contributed by atoms with Crippen molar-refractivity contribution in [1.82, 2.24) is 9.97 Å². The number of esters is 1. The second-order valence-corrected chi connectivity index (χ2v) is 8.98. The highest BCUT2D eigenvalue weighted by Gasteiger charge is 2.25. The number of hydrogen-bond acceptors (Lipinski definition) is 7. The first-order valence-electron chi connectivity index (χ1n) is 10.9. The van der Waals surface area contributed by atoms with Crippen LogP contribution in [0.2, 0.25) is 10.0 Å². The first kappa shape index (κ1) is 23.5. The minimum absolute atomic E-state index is 0.122. The highest BCUT2D eigenvalue weighted by molar-refractivity contribution is 6.37. The number of phenolic OH excluding ortho intramolecular Hbond substituents is 1. The van der Waals surface area contributed by atoms with E-state index in [1.165, 1.54) is 6.20 Å². The van der Waals surface area contributed by atoms with Gasteiger partial charge in [-0.25, -0.2) is 9.78 Å². The van der Waals surface area contributed by atoms with E-state index in [9.17, 15) is 15.0 Å². The number of aromatic hydroxyl groups is 1. The second-order valence-electron chi connectivity index (χ2n) is 8.16. The van der Waals surface area contributed by atoms with Crippen molar-refractivity contribution in [2.75, 3.05) is 18.5 Å². The molecule has 4 rings (SSSR count). The maximum absolute atomic E-state index is 12.7. The number of rotatable bonds is 6. The van der Waals surface area contributed by atoms with Gasteiger partial charge < -0.3 is 20.3 Å². The number of phenols is 1. The van der Waals surface area contributed by atoms with Crippen LogP contribution in [0.3, 0.4) is 0 Å². The summed E-state index contributed by atoms with van der Waals surface area (Å²) in [6, 6.07) is 6.91. The fourth-order valence-electron chi connectivity index (χ4n) is 4.14. The number of aliphatic hydroxyl groups is 1. The Morgan fingerprint density at radius 1 is 1.18 bits per heavy atom. The van der Waals surface area contributed by atoms with E-state index in [0.717, 1.165) is 25.7 Å². The lowest BCUT2D eigenvalue weighted by atomic mass is 9.86. The number of halogens is 2. The molecule has 7 nitrogen and oxygen atoms in total. The standard InChI is InChI=1S/C24H25Cl2N3O4/c1-2-33-24(32)16-11-27-20-8-7-19(14-9-17(25)23(31)18(26)10-14)29-22(20)21(16)28-15-5-3-13(12-30)4-6-15/h7-11,13,15,30-31H,2-6,12H2,1H3,(H,27,28). The van der Waals surface area contributed by atoms with Crippen LogP contribution in [0.4, 0.5) is 5.69 Å². The zero-order chi connectivity index (χ0) is 23.5. The van der Waals surface area contributed by atoms with Crippen molar-refractivity contribution >= 4 is 45.9 Å². The van der Waals surface area contributed by atoms with Crippen molar-refractivity contribution in [3.05, 3.63) is 46.1 Å². The number of carbonyl (C=O) groups excluding carboxylic acids is 1. The molecule has 0 saturated heterocycles. The lowest BCUT2D eigenvalue weighted by Gasteiger charge is -2.29. The smallest absolute Gasteiger partial charge is 0.341 e. The molecule has 0 spiro atoms. The van der Waals surface area contributed by atoms with Crippen molar-refractivity contribution in [3.8, 4) is 17.0 Å². The van der Waals surface area contributed by atoms with Gasteiger partial charge in [-0.15, -0.1) is 0 Å². The summed E-state index contributed by atoms with van der Waals surface area (Å²) in [6.07, 6.45) is 5.09. The summed E-state index contributed by atoms with van der Waals surface area (Å²) in [5.41, 5.74) is 3.24. The molecule has 1 aromatic carbocycles. The number of pyridine rings is 2. The fourth-order valence-corrected chi connectivity index (χ4v) is 4.63. The molecule has 3 aromatic rings. The highest BCUT2D eigenvalue weighted by Crippen LogP contribution is 2.37. The number of carbonyl (C=O) groups is 1. The molecular formula is C24H25Cl2N3O4.